The van der Waals surface area contributed by atoms with E-state index in [1.165, 1.54) is 88.7 Å². The molecule has 0 saturated heterocycles. The van der Waals surface area contributed by atoms with Crippen molar-refractivity contribution in [1.29, 1.82) is 0 Å². The third-order valence-corrected chi connectivity index (χ3v) is 14.6. The first kappa shape index (κ1) is 38.9. The number of nitrogens with zero attached hydrogens (tertiary/aromatic N) is 1. The smallest absolute Gasteiger partial charge is 0.0720 e. The molecule has 0 atom stereocenters. The van der Waals surface area contributed by atoms with E-state index in [-0.39, 0.29) is 0 Å². The average Bonchev–Trinajstić information content (AvgIpc) is 3.70. The highest BCUT2D eigenvalue weighted by Gasteiger charge is 2.56. The van der Waals surface area contributed by atoms with Gasteiger partial charge in [-0.2, -0.15) is 0 Å². The predicted molar refractivity (Wildman–Crippen MR) is 279 cm³/mol. The number of hydrogen-bond donors (Lipinski definition) is 0. The van der Waals surface area contributed by atoms with E-state index in [2.05, 4.69) is 278 Å². The third kappa shape index (κ3) is 5.88. The number of anilines is 3. The summed E-state index contributed by atoms with van der Waals surface area (Å²) >= 11 is 0. The summed E-state index contributed by atoms with van der Waals surface area (Å²) in [6.07, 6.45) is 0. The van der Waals surface area contributed by atoms with Gasteiger partial charge in [0.15, 0.2) is 0 Å². The Hall–Kier alpha value is -8.52. The Morgan fingerprint density at radius 2 is 0.627 bits per heavy atom. The maximum Gasteiger partial charge on any atom is 0.0720 e. The molecule has 0 unspecified atom stereocenters. The van der Waals surface area contributed by atoms with E-state index in [0.717, 1.165) is 17.1 Å². The maximum atomic E-state index is 2.45. The Labute approximate surface area is 392 Å². The van der Waals surface area contributed by atoms with Gasteiger partial charge in [-0.15, -0.1) is 0 Å². The van der Waals surface area contributed by atoms with Gasteiger partial charge in [-0.3, -0.25) is 0 Å². The third-order valence-electron chi connectivity index (χ3n) is 14.6. The fourth-order valence-corrected chi connectivity index (χ4v) is 11.8. The highest BCUT2D eigenvalue weighted by atomic mass is 15.1. The molecule has 2 aliphatic carbocycles. The fourth-order valence-electron chi connectivity index (χ4n) is 11.8. The monoisotopic (exact) mass is 851 g/mol. The summed E-state index contributed by atoms with van der Waals surface area (Å²) in [6, 6.07) is 101. The first-order valence-electron chi connectivity index (χ1n) is 23.3. The average molecular weight is 852 g/mol. The molecule has 11 aromatic carbocycles. The highest BCUT2D eigenvalue weighted by molar-refractivity contribution is 5.93. The van der Waals surface area contributed by atoms with Gasteiger partial charge < -0.3 is 4.90 Å². The molecule has 0 heterocycles. The van der Waals surface area contributed by atoms with Crippen LogP contribution >= 0.6 is 0 Å². The molecule has 11 aromatic rings. The number of fused-ring (bicyclic) bond motifs is 10. The van der Waals surface area contributed by atoms with Crippen LogP contribution in [0.25, 0.3) is 44.2 Å². The quantitative estimate of drug-likeness (QED) is 0.154. The van der Waals surface area contributed by atoms with Gasteiger partial charge in [0, 0.05) is 17.1 Å². The Bertz CT molecular complexity index is 3520. The zero-order valence-electron chi connectivity index (χ0n) is 36.9. The number of benzene rings is 11. The van der Waals surface area contributed by atoms with Gasteiger partial charge in [-0.1, -0.05) is 231 Å². The van der Waals surface area contributed by atoms with Crippen LogP contribution in [-0.4, -0.2) is 0 Å². The van der Waals surface area contributed by atoms with E-state index in [0.29, 0.717) is 0 Å². The Balaban J connectivity index is 1.02. The van der Waals surface area contributed by atoms with Crippen molar-refractivity contribution in [2.24, 2.45) is 0 Å². The summed E-state index contributed by atoms with van der Waals surface area (Å²) in [7, 11) is 0. The fraction of sp³-hybridized carbons (Fsp3) is 0.0303. The van der Waals surface area contributed by atoms with Crippen molar-refractivity contribution in [2.45, 2.75) is 10.8 Å². The lowest BCUT2D eigenvalue weighted by Crippen LogP contribution is -2.44. The van der Waals surface area contributed by atoms with E-state index in [1.807, 2.05) is 0 Å². The van der Waals surface area contributed by atoms with Crippen LogP contribution in [0.1, 0.15) is 44.5 Å². The minimum absolute atomic E-state index is 0.541. The van der Waals surface area contributed by atoms with Crippen LogP contribution in [0.15, 0.2) is 273 Å². The van der Waals surface area contributed by atoms with Crippen LogP contribution in [0.2, 0.25) is 0 Å². The molecule has 314 valence electrons. The van der Waals surface area contributed by atoms with E-state index >= 15 is 0 Å². The number of hydrogen-bond acceptors (Lipinski definition) is 1. The topological polar surface area (TPSA) is 3.24 Å². The van der Waals surface area contributed by atoms with E-state index in [9.17, 15) is 0 Å². The molecule has 0 amide bonds. The molecule has 2 aliphatic rings. The predicted octanol–water partition coefficient (Wildman–Crippen LogP) is 16.7. The molecule has 0 aliphatic heterocycles. The second kappa shape index (κ2) is 15.6. The molecule has 1 heteroatoms. The van der Waals surface area contributed by atoms with Gasteiger partial charge in [0.1, 0.15) is 0 Å². The van der Waals surface area contributed by atoms with E-state index in [4.69, 9.17) is 0 Å². The summed E-state index contributed by atoms with van der Waals surface area (Å²) < 4.78 is 0. The van der Waals surface area contributed by atoms with Gasteiger partial charge in [-0.25, -0.2) is 0 Å². The van der Waals surface area contributed by atoms with Gasteiger partial charge in [0.2, 0.25) is 0 Å². The van der Waals surface area contributed by atoms with Crippen molar-refractivity contribution in [3.05, 3.63) is 317 Å². The van der Waals surface area contributed by atoms with Crippen molar-refractivity contribution in [2.75, 3.05) is 4.90 Å². The molecule has 1 spiro atoms. The summed E-state index contributed by atoms with van der Waals surface area (Å²) in [5.41, 5.74) is 19.9. The minimum Gasteiger partial charge on any atom is -0.310 e. The molecule has 0 aromatic heterocycles. The molecular weight excluding hydrogens is 807 g/mol. The zero-order chi connectivity index (χ0) is 44.4. The van der Waals surface area contributed by atoms with Crippen LogP contribution < -0.4 is 4.90 Å². The maximum absolute atomic E-state index is 2.45. The van der Waals surface area contributed by atoms with E-state index < -0.39 is 10.8 Å². The second-order valence-electron chi connectivity index (χ2n) is 18.0. The van der Waals surface area contributed by atoms with Crippen LogP contribution in [0, 0.1) is 0 Å². The van der Waals surface area contributed by atoms with Crippen molar-refractivity contribution in [3.63, 3.8) is 0 Å². The van der Waals surface area contributed by atoms with Crippen LogP contribution in [0.3, 0.4) is 0 Å². The lowest BCUT2D eigenvalue weighted by molar-refractivity contribution is 0.623. The van der Waals surface area contributed by atoms with Gasteiger partial charge in [-0.05, 0) is 131 Å². The van der Waals surface area contributed by atoms with Crippen molar-refractivity contribution < 1.29 is 0 Å². The lowest BCUT2D eigenvalue weighted by atomic mass is 9.51. The van der Waals surface area contributed by atoms with E-state index in [1.54, 1.807) is 0 Å². The first-order valence-corrected chi connectivity index (χ1v) is 23.3. The van der Waals surface area contributed by atoms with Crippen molar-refractivity contribution in [3.8, 4) is 33.4 Å². The van der Waals surface area contributed by atoms with Crippen molar-refractivity contribution in [1.82, 2.24) is 0 Å². The van der Waals surface area contributed by atoms with Crippen LogP contribution in [-0.2, 0) is 10.8 Å². The Morgan fingerprint density at radius 1 is 0.224 bits per heavy atom. The largest absolute Gasteiger partial charge is 0.310 e. The molecule has 0 bridgehead atoms. The molecule has 0 radical (unpaired) electrons. The molecule has 0 fully saturated rings. The Kier molecular flexibility index (Phi) is 9.05. The second-order valence-corrected chi connectivity index (χ2v) is 18.0. The van der Waals surface area contributed by atoms with Crippen LogP contribution in [0.4, 0.5) is 17.1 Å². The molecular formula is C66H45N. The first-order chi connectivity index (χ1) is 33.2. The molecule has 0 N–H and O–H groups in total. The van der Waals surface area contributed by atoms with Gasteiger partial charge in [0.05, 0.1) is 10.8 Å². The molecule has 67 heavy (non-hydrogen) atoms. The van der Waals surface area contributed by atoms with Crippen LogP contribution in [0.5, 0.6) is 0 Å². The SMILES string of the molecule is c1ccc(-c2ccc(N(c3ccc(-c4ccc5ccccc5c4)cc3)c3ccc4c(c3)-c3ccccc3C43c4ccccc4C(c4ccccc4)(c4ccccc4)c4ccccc43)cc2)cc1. The summed E-state index contributed by atoms with van der Waals surface area (Å²) in [5.74, 6) is 0. The Morgan fingerprint density at radius 3 is 1.21 bits per heavy atom. The van der Waals surface area contributed by atoms with Gasteiger partial charge >= 0.3 is 0 Å². The minimum atomic E-state index is -0.561. The molecule has 0 saturated carbocycles. The molecule has 1 nitrogen and oxygen atoms in total. The summed E-state index contributed by atoms with van der Waals surface area (Å²) in [4.78, 5) is 2.42. The summed E-state index contributed by atoms with van der Waals surface area (Å²) in [5, 5.41) is 2.49. The summed E-state index contributed by atoms with van der Waals surface area (Å²) in [6.45, 7) is 0. The normalized spacial score (nSPS) is 13.6. The van der Waals surface area contributed by atoms with Gasteiger partial charge in [0.25, 0.3) is 0 Å². The molecule has 13 rings (SSSR count). The lowest BCUT2D eigenvalue weighted by Gasteiger charge is -2.50. The standard InChI is InChI=1S/C66H45N/c1-4-18-46(19-5-1)48-34-38-54(39-35-48)67(55-40-36-49(37-41-55)51-33-32-47-20-10-11-21-50(47)44-51)56-42-43-60-58(45-56)57-26-12-13-27-59(57)66(60)63-30-16-14-28-61(63)65(52-22-6-2-7-23-52,53-24-8-3-9-25-53)62-29-15-17-31-64(62)66/h1-45H. The highest BCUT2D eigenvalue weighted by Crippen LogP contribution is 2.65. The van der Waals surface area contributed by atoms with Crippen molar-refractivity contribution >= 4 is 27.8 Å². The zero-order valence-corrected chi connectivity index (χ0v) is 36.9. The number of rotatable bonds is 7.